The molecule has 0 aliphatic heterocycles. The molecule has 0 fully saturated rings. The number of pyridine rings is 1. The van der Waals surface area contributed by atoms with Gasteiger partial charge in [-0.25, -0.2) is 9.37 Å². The molecule has 0 bridgehead atoms. The molecular formula is C25H21FN2O3. The van der Waals surface area contributed by atoms with Gasteiger partial charge in [0.1, 0.15) is 17.3 Å². The summed E-state index contributed by atoms with van der Waals surface area (Å²) in [5, 5.41) is 3.67. The van der Waals surface area contributed by atoms with E-state index in [-0.39, 0.29) is 11.7 Å². The summed E-state index contributed by atoms with van der Waals surface area (Å²) in [6.07, 6.45) is 0. The Bertz CT molecular complexity index is 1240. The predicted octanol–water partition coefficient (Wildman–Crippen LogP) is 5.70. The number of amides is 1. The molecule has 0 atom stereocenters. The molecule has 1 aromatic heterocycles. The third kappa shape index (κ3) is 4.33. The van der Waals surface area contributed by atoms with Crippen LogP contribution in [0.2, 0.25) is 0 Å². The van der Waals surface area contributed by atoms with Gasteiger partial charge in [0.05, 0.1) is 30.5 Å². The highest BCUT2D eigenvalue weighted by Gasteiger charge is 2.14. The maximum absolute atomic E-state index is 13.3. The Morgan fingerprint density at radius 2 is 1.77 bits per heavy atom. The topological polar surface area (TPSA) is 60.5 Å². The minimum Gasteiger partial charge on any atom is -0.496 e. The van der Waals surface area contributed by atoms with Crippen molar-refractivity contribution in [3.63, 3.8) is 0 Å². The zero-order valence-electron chi connectivity index (χ0n) is 17.2. The largest absolute Gasteiger partial charge is 0.496 e. The van der Waals surface area contributed by atoms with Crippen LogP contribution in [0.4, 0.5) is 10.1 Å². The van der Waals surface area contributed by atoms with Crippen LogP contribution in [0.3, 0.4) is 0 Å². The van der Waals surface area contributed by atoms with Crippen LogP contribution in [0.5, 0.6) is 11.5 Å². The molecule has 0 aliphatic carbocycles. The number of carbonyl (C=O) groups excluding carboxylic acids is 1. The molecule has 0 unspecified atom stereocenters. The van der Waals surface area contributed by atoms with E-state index in [1.165, 1.54) is 19.2 Å². The van der Waals surface area contributed by atoms with E-state index < -0.39 is 0 Å². The number of halogens is 1. The Balaban J connectivity index is 1.71. The zero-order valence-corrected chi connectivity index (χ0v) is 17.2. The first-order valence-corrected chi connectivity index (χ1v) is 9.87. The molecule has 156 valence electrons. The van der Waals surface area contributed by atoms with E-state index in [0.29, 0.717) is 40.6 Å². The summed E-state index contributed by atoms with van der Waals surface area (Å²) in [6, 6.07) is 20.5. The molecule has 4 aromatic rings. The van der Waals surface area contributed by atoms with E-state index in [0.717, 1.165) is 10.9 Å². The number of rotatable bonds is 6. The van der Waals surface area contributed by atoms with Crippen molar-refractivity contribution < 1.29 is 18.7 Å². The number of hydrogen-bond acceptors (Lipinski definition) is 4. The summed E-state index contributed by atoms with van der Waals surface area (Å²) < 4.78 is 24.4. The van der Waals surface area contributed by atoms with E-state index in [4.69, 9.17) is 9.47 Å². The fourth-order valence-electron chi connectivity index (χ4n) is 3.35. The lowest BCUT2D eigenvalue weighted by Gasteiger charge is -2.13. The molecule has 0 saturated heterocycles. The highest BCUT2D eigenvalue weighted by Crippen LogP contribution is 2.32. The van der Waals surface area contributed by atoms with Crippen LogP contribution < -0.4 is 14.8 Å². The second-order valence-electron chi connectivity index (χ2n) is 6.83. The van der Waals surface area contributed by atoms with Crippen molar-refractivity contribution in [1.29, 1.82) is 0 Å². The molecule has 31 heavy (non-hydrogen) atoms. The smallest absolute Gasteiger partial charge is 0.259 e. The Morgan fingerprint density at radius 1 is 1.00 bits per heavy atom. The Kier molecular flexibility index (Phi) is 5.80. The number of hydrogen-bond donors (Lipinski definition) is 1. The normalized spacial score (nSPS) is 10.7. The summed E-state index contributed by atoms with van der Waals surface area (Å²) in [6.45, 7) is 2.37. The van der Waals surface area contributed by atoms with Crippen LogP contribution >= 0.6 is 0 Å². The molecule has 0 saturated carbocycles. The second-order valence-corrected chi connectivity index (χ2v) is 6.83. The average Bonchev–Trinajstić information content (AvgIpc) is 2.79. The van der Waals surface area contributed by atoms with Crippen molar-refractivity contribution in [3.8, 4) is 22.8 Å². The van der Waals surface area contributed by atoms with Gasteiger partial charge in [-0.2, -0.15) is 0 Å². The molecule has 6 heteroatoms. The van der Waals surface area contributed by atoms with Gasteiger partial charge in [-0.05, 0) is 61.5 Å². The van der Waals surface area contributed by atoms with Crippen molar-refractivity contribution in [3.05, 3.63) is 84.2 Å². The van der Waals surface area contributed by atoms with E-state index in [1.807, 2.05) is 31.2 Å². The molecule has 0 radical (unpaired) electrons. The summed E-state index contributed by atoms with van der Waals surface area (Å²) >= 11 is 0. The number of ether oxygens (including phenoxy) is 2. The number of benzene rings is 3. The second kappa shape index (κ2) is 8.83. The van der Waals surface area contributed by atoms with E-state index in [9.17, 15) is 9.18 Å². The monoisotopic (exact) mass is 416 g/mol. The molecule has 3 aromatic carbocycles. The third-order valence-electron chi connectivity index (χ3n) is 4.82. The Labute approximate surface area is 179 Å². The molecule has 4 rings (SSSR count). The van der Waals surface area contributed by atoms with Gasteiger partial charge in [-0.15, -0.1) is 0 Å². The first-order valence-electron chi connectivity index (χ1n) is 9.87. The fourth-order valence-corrected chi connectivity index (χ4v) is 3.35. The minimum absolute atomic E-state index is 0.273. The predicted molar refractivity (Wildman–Crippen MR) is 119 cm³/mol. The maximum Gasteiger partial charge on any atom is 0.259 e. The fraction of sp³-hybridized carbons (Fsp3) is 0.120. The van der Waals surface area contributed by atoms with Gasteiger partial charge in [0.25, 0.3) is 5.91 Å². The lowest BCUT2D eigenvalue weighted by Crippen LogP contribution is -2.13. The van der Waals surface area contributed by atoms with Gasteiger partial charge in [0.15, 0.2) is 0 Å². The summed E-state index contributed by atoms with van der Waals surface area (Å²) in [4.78, 5) is 17.4. The van der Waals surface area contributed by atoms with Crippen LogP contribution in [-0.4, -0.2) is 24.6 Å². The zero-order chi connectivity index (χ0) is 21.8. The van der Waals surface area contributed by atoms with Crippen LogP contribution in [0.25, 0.3) is 22.2 Å². The van der Waals surface area contributed by atoms with Crippen molar-refractivity contribution in [2.24, 2.45) is 0 Å². The van der Waals surface area contributed by atoms with Crippen molar-refractivity contribution in [2.45, 2.75) is 6.92 Å². The Hall–Kier alpha value is -3.93. The quantitative estimate of drug-likeness (QED) is 0.438. The first-order chi connectivity index (χ1) is 15.1. The molecular weight excluding hydrogens is 395 g/mol. The standard InChI is InChI=1S/C25H21FN2O3/c1-3-31-24-15-22(16-8-10-17(26)11-9-16)28-21-13-12-18(14-20(21)24)27-25(29)19-6-4-5-7-23(19)30-2/h4-15H,3H2,1-2H3,(H,27,29). The van der Waals surface area contributed by atoms with Crippen molar-refractivity contribution >= 4 is 22.5 Å². The minimum atomic E-state index is -0.301. The molecule has 0 aliphatic rings. The van der Waals surface area contributed by atoms with E-state index in [1.54, 1.807) is 36.4 Å². The molecule has 5 nitrogen and oxygen atoms in total. The van der Waals surface area contributed by atoms with E-state index >= 15 is 0 Å². The molecule has 1 N–H and O–H groups in total. The van der Waals surface area contributed by atoms with Gasteiger partial charge in [-0.3, -0.25) is 4.79 Å². The van der Waals surface area contributed by atoms with Crippen molar-refractivity contribution in [2.75, 3.05) is 19.0 Å². The number of methoxy groups -OCH3 is 1. The highest BCUT2D eigenvalue weighted by atomic mass is 19.1. The number of carbonyl (C=O) groups is 1. The van der Waals surface area contributed by atoms with Crippen LogP contribution in [0.15, 0.2) is 72.8 Å². The summed E-state index contributed by atoms with van der Waals surface area (Å²) in [5.74, 6) is 0.567. The molecule has 1 amide bonds. The first kappa shape index (κ1) is 20.3. The number of aromatic nitrogens is 1. The van der Waals surface area contributed by atoms with Gasteiger partial charge in [-0.1, -0.05) is 12.1 Å². The van der Waals surface area contributed by atoms with Gasteiger partial charge in [0.2, 0.25) is 0 Å². The molecule has 1 heterocycles. The molecule has 0 spiro atoms. The third-order valence-corrected chi connectivity index (χ3v) is 4.82. The summed E-state index contributed by atoms with van der Waals surface area (Å²) in [7, 11) is 1.53. The number of nitrogens with zero attached hydrogens (tertiary/aromatic N) is 1. The van der Waals surface area contributed by atoms with E-state index in [2.05, 4.69) is 10.3 Å². The van der Waals surface area contributed by atoms with Gasteiger partial charge < -0.3 is 14.8 Å². The van der Waals surface area contributed by atoms with Crippen LogP contribution in [0.1, 0.15) is 17.3 Å². The van der Waals surface area contributed by atoms with Crippen molar-refractivity contribution in [1.82, 2.24) is 4.98 Å². The van der Waals surface area contributed by atoms with Gasteiger partial charge >= 0.3 is 0 Å². The lowest BCUT2D eigenvalue weighted by atomic mass is 10.1. The Morgan fingerprint density at radius 3 is 2.52 bits per heavy atom. The lowest BCUT2D eigenvalue weighted by molar-refractivity contribution is 0.102. The van der Waals surface area contributed by atoms with Crippen LogP contribution in [-0.2, 0) is 0 Å². The SMILES string of the molecule is CCOc1cc(-c2ccc(F)cc2)nc2ccc(NC(=O)c3ccccc3OC)cc12. The summed E-state index contributed by atoms with van der Waals surface area (Å²) in [5.41, 5.74) is 3.24. The number of para-hydroxylation sites is 1. The number of fused-ring (bicyclic) bond motifs is 1. The van der Waals surface area contributed by atoms with Crippen LogP contribution in [0, 0.1) is 5.82 Å². The van der Waals surface area contributed by atoms with Gasteiger partial charge in [0, 0.05) is 22.7 Å². The number of nitrogens with one attached hydrogen (secondary N) is 1. The number of anilines is 1. The highest BCUT2D eigenvalue weighted by molar-refractivity contribution is 6.07. The maximum atomic E-state index is 13.3. The average molecular weight is 416 g/mol.